The molecule has 12 atom stereocenters. The van der Waals surface area contributed by atoms with Gasteiger partial charge in [-0.2, -0.15) is 23.5 Å². The zero-order valence-corrected chi connectivity index (χ0v) is 50.3. The molecule has 0 bridgehead atoms. The predicted octanol–water partition coefficient (Wildman–Crippen LogP) is 5.23. The van der Waals surface area contributed by atoms with Crippen LogP contribution in [0.5, 0.6) is 34.5 Å². The van der Waals surface area contributed by atoms with Gasteiger partial charge < -0.3 is 80.7 Å². The van der Waals surface area contributed by atoms with E-state index in [2.05, 4.69) is 0 Å². The van der Waals surface area contributed by atoms with E-state index in [9.17, 15) is 69.6 Å². The van der Waals surface area contributed by atoms with Crippen LogP contribution in [0.1, 0.15) is 183 Å². The van der Waals surface area contributed by atoms with E-state index in [1.807, 2.05) is 0 Å². The maximum absolute atomic E-state index is 14.1. The molecule has 10 rings (SSSR count). The van der Waals surface area contributed by atoms with Gasteiger partial charge in [-0.15, -0.1) is 0 Å². The average molecular weight is 1240 g/mol. The summed E-state index contributed by atoms with van der Waals surface area (Å²) in [7, 11) is 2.66. The molecule has 12 N–H and O–H groups in total. The van der Waals surface area contributed by atoms with Crippen LogP contribution in [0.15, 0.2) is 36.4 Å². The van der Waals surface area contributed by atoms with E-state index >= 15 is 0 Å². The second kappa shape index (κ2) is 25.8. The van der Waals surface area contributed by atoms with Crippen LogP contribution in [0.25, 0.3) is 0 Å². The van der Waals surface area contributed by atoms with Crippen LogP contribution >= 0.6 is 23.5 Å². The fourth-order valence-corrected chi connectivity index (χ4v) is 15.1. The Hall–Kier alpha value is -6.00. The number of hydrogen-bond acceptors (Lipinski definition) is 24. The molecule has 8 unspecified atom stereocenters. The monoisotopic (exact) mass is 1240 g/mol. The molecule has 0 radical (unpaired) electrons. The number of carbonyl (C=O) groups excluding carboxylic acids is 6. The SMILES string of the molecule is COc1cccc2c1C(=O)c1c(O)c3c(c(O)c1C2=O)C[C@@](O)(C(=O)CSCCCCCCCCCSCC(=O)[C@]1(O)Cc2c(O)c4c(c(O)c2[C@H](OC2CC(N)C(O)C(C)O2)C1)C(=O)c1c(OC)cccc1C4=O)C[C@@H]3OC1CC(N)C(O)C(C)O1. The van der Waals surface area contributed by atoms with Gasteiger partial charge >= 0.3 is 0 Å². The zero-order valence-electron chi connectivity index (χ0n) is 48.7. The number of phenols is 4. The van der Waals surface area contributed by atoms with Gasteiger partial charge in [-0.1, -0.05) is 56.4 Å². The molecule has 468 valence electrons. The second-order valence-electron chi connectivity index (χ2n) is 23.6. The van der Waals surface area contributed by atoms with E-state index in [1.54, 1.807) is 13.8 Å². The molecule has 22 nitrogen and oxygen atoms in total. The van der Waals surface area contributed by atoms with Crippen LogP contribution in [0, 0.1) is 0 Å². The predicted molar refractivity (Wildman–Crippen MR) is 316 cm³/mol. The van der Waals surface area contributed by atoms with Crippen molar-refractivity contribution in [2.24, 2.45) is 11.5 Å². The number of aromatic hydroxyl groups is 4. The van der Waals surface area contributed by atoms with Crippen LogP contribution < -0.4 is 20.9 Å². The molecular formula is C63H74N2O20S2. The Morgan fingerprint density at radius 2 is 0.908 bits per heavy atom. The minimum Gasteiger partial charge on any atom is -0.507 e. The van der Waals surface area contributed by atoms with Gasteiger partial charge in [-0.3, -0.25) is 28.8 Å². The third-order valence-electron chi connectivity index (χ3n) is 17.9. The molecule has 2 heterocycles. The van der Waals surface area contributed by atoms with Crippen molar-refractivity contribution in [3.05, 3.63) is 103 Å². The first kappa shape index (κ1) is 64.0. The number of unbranched alkanes of at least 4 members (excludes halogenated alkanes) is 6. The Labute approximate surface area is 510 Å². The normalized spacial score (nSPS) is 28.2. The highest BCUT2D eigenvalue weighted by molar-refractivity contribution is 8.00. The number of nitrogens with two attached hydrogens (primary N) is 2. The van der Waals surface area contributed by atoms with E-state index in [0.29, 0.717) is 11.5 Å². The molecule has 0 spiro atoms. The molecule has 87 heavy (non-hydrogen) atoms. The number of Topliss-reactive ketones (excluding diaryl/α,β-unsaturated/α-hetero) is 2. The molecule has 0 aromatic heterocycles. The van der Waals surface area contributed by atoms with Crippen molar-refractivity contribution in [3.63, 3.8) is 0 Å². The summed E-state index contributed by atoms with van der Waals surface area (Å²) in [6.45, 7) is 3.20. The lowest BCUT2D eigenvalue weighted by molar-refractivity contribution is -0.247. The lowest BCUT2D eigenvalue weighted by atomic mass is 9.72. The highest BCUT2D eigenvalue weighted by Crippen LogP contribution is 2.55. The van der Waals surface area contributed by atoms with Crippen molar-refractivity contribution in [2.75, 3.05) is 37.2 Å². The molecule has 2 saturated heterocycles. The van der Waals surface area contributed by atoms with E-state index in [0.717, 1.165) is 44.9 Å². The first-order chi connectivity index (χ1) is 41.4. The van der Waals surface area contributed by atoms with Crippen molar-refractivity contribution < 1.29 is 98.0 Å². The summed E-state index contributed by atoms with van der Waals surface area (Å²) in [6.07, 6.45) is -4.16. The van der Waals surface area contributed by atoms with Crippen LogP contribution in [-0.2, 0) is 41.4 Å². The van der Waals surface area contributed by atoms with Gasteiger partial charge in [0.05, 0.1) is 95.7 Å². The van der Waals surface area contributed by atoms with E-state index in [4.69, 9.17) is 39.9 Å². The number of aliphatic hydroxyl groups excluding tert-OH is 2. The number of methoxy groups -OCH3 is 2. The standard InChI is InChI=1S/C63H74N2O20S2/c1-28-52(68)34(64)20-42(82-28)84-38-24-62(78,22-32-46(38)60(76)50-48(56(32)72)54(70)30-14-12-16-36(80-3)44(30)58(50)74)40(66)26-86-18-10-8-6-5-7-9-11-19-87-27-41(67)63(79)23-33-47(39(25-63)85-43-21-35(65)53(69)29(2)83-43)61(77)51-49(57(33)73)55(71)31-15-13-17-37(81-4)45(31)59(51)75/h12-17,28-29,34-35,38-39,42-43,52-53,68-69,72-73,76-79H,5-11,18-27,64-65H2,1-4H3/t28?,29?,34?,35?,38-,39+,42?,43?,52?,53?,62-,63-/m0/s1. The topological polar surface area (TPSA) is 372 Å². The quantitative estimate of drug-likeness (QED) is 0.0307. The Balaban J connectivity index is 0.709. The van der Waals surface area contributed by atoms with Crippen LogP contribution in [-0.4, -0.2) is 173 Å². The summed E-state index contributed by atoms with van der Waals surface area (Å²) in [6, 6.07) is 7.29. The molecule has 4 aromatic rings. The van der Waals surface area contributed by atoms with E-state index in [-0.39, 0.29) is 80.4 Å². The second-order valence-corrected chi connectivity index (χ2v) is 25.8. The minimum absolute atomic E-state index is 0.00148. The number of aliphatic hydroxyl groups is 4. The van der Waals surface area contributed by atoms with Crippen LogP contribution in [0.2, 0.25) is 0 Å². The number of ketones is 6. The molecule has 2 fully saturated rings. The van der Waals surface area contributed by atoms with Gasteiger partial charge in [0.25, 0.3) is 0 Å². The van der Waals surface area contributed by atoms with E-state index < -0.39 is 178 Å². The lowest BCUT2D eigenvalue weighted by Gasteiger charge is -2.42. The number of benzene rings is 4. The third-order valence-corrected chi connectivity index (χ3v) is 20.0. The summed E-state index contributed by atoms with van der Waals surface area (Å²) in [5.74, 6) is -5.71. The minimum atomic E-state index is -2.14. The van der Waals surface area contributed by atoms with Gasteiger partial charge in [0.15, 0.2) is 35.7 Å². The summed E-state index contributed by atoms with van der Waals surface area (Å²) >= 11 is 2.66. The Morgan fingerprint density at radius 1 is 0.552 bits per heavy atom. The first-order valence-electron chi connectivity index (χ1n) is 29.3. The Morgan fingerprint density at radius 3 is 1.26 bits per heavy atom. The number of rotatable bonds is 22. The Bertz CT molecular complexity index is 3170. The third kappa shape index (κ3) is 11.9. The molecule has 4 aromatic carbocycles. The molecular weight excluding hydrogens is 1170 g/mol. The number of hydrogen-bond donors (Lipinski definition) is 10. The molecule has 4 aliphatic carbocycles. The van der Waals surface area contributed by atoms with Gasteiger partial charge in [0, 0.05) is 84.0 Å². The molecule has 0 amide bonds. The fourth-order valence-electron chi connectivity index (χ4n) is 13.1. The fraction of sp³-hybridized carbons (Fsp3) is 0.524. The molecule has 24 heteroatoms. The van der Waals surface area contributed by atoms with Crippen molar-refractivity contribution in [1.29, 1.82) is 0 Å². The summed E-state index contributed by atoms with van der Waals surface area (Å²) in [4.78, 5) is 84.4. The average Bonchev–Trinajstić information content (AvgIpc) is 0.734. The van der Waals surface area contributed by atoms with Gasteiger partial charge in [-0.05, 0) is 50.3 Å². The summed E-state index contributed by atoms with van der Waals surface area (Å²) < 4.78 is 35.2. The van der Waals surface area contributed by atoms with Crippen LogP contribution in [0.3, 0.4) is 0 Å². The highest BCUT2D eigenvalue weighted by Gasteiger charge is 2.53. The van der Waals surface area contributed by atoms with Crippen molar-refractivity contribution in [1.82, 2.24) is 0 Å². The lowest BCUT2D eigenvalue weighted by Crippen LogP contribution is -2.53. The van der Waals surface area contributed by atoms with Gasteiger partial charge in [-0.25, -0.2) is 0 Å². The maximum Gasteiger partial charge on any atom is 0.202 e. The molecule has 0 saturated carbocycles. The summed E-state index contributed by atoms with van der Waals surface area (Å²) in [5.41, 5.74) is 5.51. The van der Waals surface area contributed by atoms with Crippen molar-refractivity contribution in [3.8, 4) is 34.5 Å². The number of phenolic OH excluding ortho intramolecular Hbond substituents is 4. The highest BCUT2D eigenvalue weighted by atomic mass is 32.2. The number of carbonyl (C=O) groups is 6. The summed E-state index contributed by atoms with van der Waals surface area (Å²) in [5, 5.41) is 93.0. The first-order valence-corrected chi connectivity index (χ1v) is 31.7. The van der Waals surface area contributed by atoms with Crippen molar-refractivity contribution in [2.45, 2.75) is 170 Å². The number of ether oxygens (including phenoxy) is 6. The number of fused-ring (bicyclic) bond motifs is 6. The largest absolute Gasteiger partial charge is 0.507 e. The molecule has 2 aliphatic heterocycles. The maximum atomic E-state index is 14.1. The smallest absolute Gasteiger partial charge is 0.202 e. The van der Waals surface area contributed by atoms with Gasteiger partial charge in [0.2, 0.25) is 11.6 Å². The zero-order chi connectivity index (χ0) is 62.6. The van der Waals surface area contributed by atoms with E-state index in [1.165, 1.54) is 74.1 Å². The van der Waals surface area contributed by atoms with Crippen LogP contribution in [0.4, 0.5) is 0 Å². The van der Waals surface area contributed by atoms with Gasteiger partial charge in [0.1, 0.15) is 45.7 Å². The Kier molecular flexibility index (Phi) is 19.0. The molecule has 6 aliphatic rings. The van der Waals surface area contributed by atoms with Crippen molar-refractivity contribution >= 4 is 58.2 Å². The number of thioether (sulfide) groups is 2.